The number of ether oxygens (including phenoxy) is 11. The summed E-state index contributed by atoms with van der Waals surface area (Å²) in [4.78, 5) is 0. The van der Waals surface area contributed by atoms with E-state index in [0.29, 0.717) is 25.7 Å². The first-order valence-corrected chi connectivity index (χ1v) is 27.3. The van der Waals surface area contributed by atoms with E-state index in [4.69, 9.17) is 52.1 Å². The van der Waals surface area contributed by atoms with E-state index in [2.05, 4.69) is 26.8 Å². The summed E-state index contributed by atoms with van der Waals surface area (Å²) in [5, 5.41) is 127. The zero-order valence-electron chi connectivity index (χ0n) is 43.9. The molecule has 6 aliphatic heterocycles. The number of fused-ring (bicyclic) bond motifs is 7. The van der Waals surface area contributed by atoms with Crippen LogP contribution in [0.4, 0.5) is 0 Å². The van der Waals surface area contributed by atoms with Gasteiger partial charge < -0.3 is 113 Å². The highest BCUT2D eigenvalue weighted by Crippen LogP contribution is 2.71. The van der Waals surface area contributed by atoms with Crippen molar-refractivity contribution >= 4 is 0 Å². The highest BCUT2D eigenvalue weighted by atomic mass is 16.8. The Labute approximate surface area is 436 Å². The van der Waals surface area contributed by atoms with Crippen molar-refractivity contribution < 1.29 is 113 Å². The Morgan fingerprint density at radius 3 is 1.83 bits per heavy atom. The molecule has 23 heteroatoms. The number of rotatable bonds is 12. The Balaban J connectivity index is 0.834. The van der Waals surface area contributed by atoms with E-state index in [1.54, 1.807) is 7.11 Å². The van der Waals surface area contributed by atoms with Gasteiger partial charge >= 0.3 is 0 Å². The molecule has 0 aromatic rings. The van der Waals surface area contributed by atoms with E-state index >= 15 is 0 Å². The molecule has 6 saturated heterocycles. The number of hydrogen-bond acceptors (Lipinski definition) is 23. The molecule has 32 atom stereocenters. The number of methoxy groups -OCH3 is 1. The molecule has 0 bridgehead atoms. The summed E-state index contributed by atoms with van der Waals surface area (Å²) in [7, 11) is 1.75. The molecule has 12 N–H and O–H groups in total. The molecule has 0 amide bonds. The summed E-state index contributed by atoms with van der Waals surface area (Å²) in [6.45, 7) is 10.6. The van der Waals surface area contributed by atoms with Gasteiger partial charge in [0.15, 0.2) is 30.9 Å². The van der Waals surface area contributed by atoms with Crippen molar-refractivity contribution in [1.29, 1.82) is 0 Å². The van der Waals surface area contributed by atoms with Gasteiger partial charge in [-0.15, -0.1) is 0 Å². The minimum absolute atomic E-state index is 0.0281. The Kier molecular flexibility index (Phi) is 16.2. The zero-order chi connectivity index (χ0) is 54.0. The second kappa shape index (κ2) is 21.3. The van der Waals surface area contributed by atoms with Gasteiger partial charge in [0, 0.05) is 19.4 Å². The lowest BCUT2D eigenvalue weighted by Crippen LogP contribution is -2.66. The summed E-state index contributed by atoms with van der Waals surface area (Å²) in [5.74, 6) is 0.117. The molecule has 430 valence electrons. The summed E-state index contributed by atoms with van der Waals surface area (Å²) < 4.78 is 68.8. The van der Waals surface area contributed by atoms with Crippen LogP contribution in [0.1, 0.15) is 92.9 Å². The van der Waals surface area contributed by atoms with E-state index in [9.17, 15) is 61.3 Å². The highest BCUT2D eigenvalue weighted by molar-refractivity contribution is 5.29. The minimum Gasteiger partial charge on any atom is -0.394 e. The van der Waals surface area contributed by atoms with Crippen LogP contribution in [0.25, 0.3) is 0 Å². The molecule has 23 nitrogen and oxygen atoms in total. The van der Waals surface area contributed by atoms with Crippen molar-refractivity contribution in [3.63, 3.8) is 0 Å². The van der Waals surface area contributed by atoms with Crippen LogP contribution in [0.15, 0.2) is 11.6 Å². The van der Waals surface area contributed by atoms with E-state index in [0.717, 1.165) is 25.7 Å². The van der Waals surface area contributed by atoms with E-state index in [1.807, 2.05) is 6.92 Å². The van der Waals surface area contributed by atoms with Gasteiger partial charge in [-0.05, 0) is 100 Å². The number of hydrogen-bond donors (Lipinski definition) is 12. The third kappa shape index (κ3) is 9.62. The first-order valence-electron chi connectivity index (χ1n) is 27.3. The smallest absolute Gasteiger partial charge is 0.187 e. The molecule has 32 unspecified atom stereocenters. The molecular weight excluding hydrogens is 993 g/mol. The Bertz CT molecular complexity index is 2020. The SMILES string of the molecule is COC1C=C2CC(OC3OC(CO)C(OC4OC(C)C(O)C(O)C4O)C(O)C3OC3OC(C)C(O)C(O)C3O)CCC2(C)C2CCC3(C)C(CC4OC5(CCC(C)(COC6OC(CO)C(O)C(O)C6O)O5)C(C)C43)C12. The molecular formula is C52H84O23. The maximum Gasteiger partial charge on any atom is 0.187 e. The molecule has 9 fully saturated rings. The molecule has 10 rings (SSSR count). The summed E-state index contributed by atoms with van der Waals surface area (Å²) >= 11 is 0. The van der Waals surface area contributed by atoms with E-state index < -0.39 is 154 Å². The second-order valence-corrected chi connectivity index (χ2v) is 24.5. The van der Waals surface area contributed by atoms with Gasteiger partial charge in [0.1, 0.15) is 85.5 Å². The van der Waals surface area contributed by atoms with Gasteiger partial charge in [-0.3, -0.25) is 0 Å². The lowest BCUT2D eigenvalue weighted by molar-refractivity contribution is -0.388. The Morgan fingerprint density at radius 1 is 0.600 bits per heavy atom. The van der Waals surface area contributed by atoms with Crippen LogP contribution in [0.5, 0.6) is 0 Å². The molecule has 1 spiro atoms. The number of aliphatic hydroxyl groups excluding tert-OH is 12. The summed E-state index contributed by atoms with van der Waals surface area (Å²) in [5.41, 5.74) is 0.0575. The largest absolute Gasteiger partial charge is 0.394 e. The second-order valence-electron chi connectivity index (χ2n) is 24.5. The Morgan fingerprint density at radius 2 is 1.20 bits per heavy atom. The highest BCUT2D eigenvalue weighted by Gasteiger charge is 2.71. The minimum atomic E-state index is -1.76. The third-order valence-electron chi connectivity index (χ3n) is 20.1. The van der Waals surface area contributed by atoms with Crippen LogP contribution >= 0.6 is 0 Å². The molecule has 4 aliphatic carbocycles. The number of aliphatic hydroxyl groups is 12. The van der Waals surface area contributed by atoms with Gasteiger partial charge in [-0.2, -0.15) is 0 Å². The standard InChI is InChI=1S/C52H84O23/c1-20-32-28(74-52(20)13-12-49(4,75-52)19-66-45-39(61)38(60)35(57)29(17-53)70-45)16-26-31-25(9-11-51(26,32)6)50(5)10-8-24(14-23(50)15-27(31)65-7)69-48-44(73-47-41(63)37(59)34(56)22(3)68-47)42(64)43(30(18-54)71-48)72-46-40(62)36(58)33(55)21(2)67-46/h15,20-22,24-48,53-64H,8-14,16-19H2,1-7H3. The molecule has 0 aromatic heterocycles. The average molecular weight is 1080 g/mol. The fraction of sp³-hybridized carbons (Fsp3) is 0.962. The first-order chi connectivity index (χ1) is 35.4. The van der Waals surface area contributed by atoms with Crippen LogP contribution < -0.4 is 0 Å². The topological polar surface area (TPSA) is 344 Å². The van der Waals surface area contributed by atoms with Crippen LogP contribution in [0.3, 0.4) is 0 Å². The molecule has 75 heavy (non-hydrogen) atoms. The fourth-order valence-electron chi connectivity index (χ4n) is 15.8. The van der Waals surface area contributed by atoms with Crippen LogP contribution in [-0.4, -0.2) is 241 Å². The van der Waals surface area contributed by atoms with Crippen molar-refractivity contribution in [3.8, 4) is 0 Å². The first kappa shape index (κ1) is 57.1. The molecule has 3 saturated carbocycles. The Hall–Kier alpha value is -1.18. The van der Waals surface area contributed by atoms with Crippen LogP contribution in [0, 0.1) is 40.4 Å². The van der Waals surface area contributed by atoms with Crippen molar-refractivity contribution in [2.45, 2.75) is 245 Å². The van der Waals surface area contributed by atoms with Crippen LogP contribution in [-0.2, 0) is 52.1 Å². The molecule has 0 aromatic carbocycles. The van der Waals surface area contributed by atoms with Gasteiger partial charge in [0.2, 0.25) is 0 Å². The summed E-state index contributed by atoms with van der Waals surface area (Å²) in [6.07, 6.45) is -21.9. The maximum absolute atomic E-state index is 12.1. The lowest BCUT2D eigenvalue weighted by Gasteiger charge is -2.60. The quantitative estimate of drug-likeness (QED) is 0.0924. The van der Waals surface area contributed by atoms with Crippen LogP contribution in [0.2, 0.25) is 0 Å². The summed E-state index contributed by atoms with van der Waals surface area (Å²) in [6, 6.07) is 0. The third-order valence-corrected chi connectivity index (χ3v) is 20.1. The maximum atomic E-state index is 12.1. The molecule has 0 radical (unpaired) electrons. The fourth-order valence-corrected chi connectivity index (χ4v) is 15.8. The predicted octanol–water partition coefficient (Wildman–Crippen LogP) is -2.19. The lowest BCUT2D eigenvalue weighted by atomic mass is 9.46. The van der Waals surface area contributed by atoms with Crippen molar-refractivity contribution in [1.82, 2.24) is 0 Å². The van der Waals surface area contributed by atoms with Crippen molar-refractivity contribution in [2.24, 2.45) is 40.4 Å². The van der Waals surface area contributed by atoms with E-state index in [1.165, 1.54) is 19.4 Å². The molecule has 10 aliphatic rings. The predicted molar refractivity (Wildman–Crippen MR) is 253 cm³/mol. The van der Waals surface area contributed by atoms with Gasteiger partial charge in [0.05, 0.1) is 55.9 Å². The zero-order valence-corrected chi connectivity index (χ0v) is 43.9. The van der Waals surface area contributed by atoms with E-state index in [-0.39, 0.29) is 59.2 Å². The van der Waals surface area contributed by atoms with Gasteiger partial charge in [0.25, 0.3) is 0 Å². The van der Waals surface area contributed by atoms with Gasteiger partial charge in [-0.25, -0.2) is 0 Å². The molecule has 6 heterocycles. The average Bonchev–Trinajstić information content (AvgIpc) is 4.00. The normalized spacial score (nSPS) is 57.8. The van der Waals surface area contributed by atoms with Gasteiger partial charge in [-0.1, -0.05) is 32.4 Å². The van der Waals surface area contributed by atoms with Crippen molar-refractivity contribution in [2.75, 3.05) is 26.9 Å². The van der Waals surface area contributed by atoms with Crippen molar-refractivity contribution in [3.05, 3.63) is 11.6 Å². The monoisotopic (exact) mass is 1080 g/mol.